The molecule has 1 atom stereocenters. The molecule has 0 spiro atoms. The van der Waals surface area contributed by atoms with E-state index in [2.05, 4.69) is 17.2 Å². The molecule has 0 aliphatic heterocycles. The molecule has 0 saturated heterocycles. The first-order chi connectivity index (χ1) is 8.92. The van der Waals surface area contributed by atoms with Gasteiger partial charge in [0.1, 0.15) is 17.7 Å². The van der Waals surface area contributed by atoms with Crippen molar-refractivity contribution in [1.82, 2.24) is 10.6 Å². The van der Waals surface area contributed by atoms with E-state index in [1.807, 2.05) is 13.8 Å². The molecule has 1 amide bonds. The van der Waals surface area contributed by atoms with E-state index >= 15 is 0 Å². The smallest absolute Gasteiger partial charge is 0.326 e. The molecule has 0 aliphatic carbocycles. The van der Waals surface area contributed by atoms with Crippen molar-refractivity contribution in [2.75, 3.05) is 6.54 Å². The van der Waals surface area contributed by atoms with Gasteiger partial charge in [-0.3, -0.25) is 4.79 Å². The molecule has 0 fully saturated rings. The molecule has 19 heavy (non-hydrogen) atoms. The summed E-state index contributed by atoms with van der Waals surface area (Å²) >= 11 is 0. The zero-order valence-corrected chi connectivity index (χ0v) is 11.1. The lowest BCUT2D eigenvalue weighted by atomic mass is 10.0. The first kappa shape index (κ1) is 16.7. The van der Waals surface area contributed by atoms with Crippen molar-refractivity contribution < 1.29 is 14.7 Å². The summed E-state index contributed by atoms with van der Waals surface area (Å²) in [6.07, 6.45) is 3.12. The lowest BCUT2D eigenvalue weighted by Crippen LogP contribution is -2.42. The summed E-state index contributed by atoms with van der Waals surface area (Å²) in [6.45, 7) is 7.60. The van der Waals surface area contributed by atoms with Gasteiger partial charge in [0.15, 0.2) is 0 Å². The summed E-state index contributed by atoms with van der Waals surface area (Å²) in [4.78, 5) is 22.7. The van der Waals surface area contributed by atoms with Gasteiger partial charge in [0.2, 0.25) is 0 Å². The van der Waals surface area contributed by atoms with E-state index in [9.17, 15) is 9.59 Å². The fourth-order valence-corrected chi connectivity index (χ4v) is 1.32. The number of nitriles is 1. The molecule has 1 unspecified atom stereocenters. The van der Waals surface area contributed by atoms with Gasteiger partial charge >= 0.3 is 5.97 Å². The van der Waals surface area contributed by atoms with Crippen LogP contribution < -0.4 is 10.6 Å². The van der Waals surface area contributed by atoms with Crippen molar-refractivity contribution in [3.8, 4) is 6.07 Å². The second-order valence-electron chi connectivity index (χ2n) is 4.36. The van der Waals surface area contributed by atoms with Crippen molar-refractivity contribution in [2.45, 2.75) is 26.3 Å². The second-order valence-corrected chi connectivity index (χ2v) is 4.36. The van der Waals surface area contributed by atoms with E-state index < -0.39 is 17.9 Å². The Labute approximate surface area is 112 Å². The lowest BCUT2D eigenvalue weighted by Gasteiger charge is -2.16. The molecule has 0 radical (unpaired) electrons. The standard InChI is InChI=1S/C13H19N3O3/c1-4-5-15-8-10(7-14)12(17)16-11(13(18)19)6-9(2)3/h4,8-9,11,15H,1,5-6H2,2-3H3,(H,16,17)(H,18,19)/b10-8-. The SMILES string of the molecule is C=CCN/C=C(/C#N)C(=O)NC(CC(C)C)C(=O)O. The number of carboxylic acid groups (broad SMARTS) is 1. The van der Waals surface area contributed by atoms with Crippen LogP contribution in [-0.4, -0.2) is 29.6 Å². The molecule has 0 aromatic rings. The molecular formula is C13H19N3O3. The predicted molar refractivity (Wildman–Crippen MR) is 70.9 cm³/mol. The Hall–Kier alpha value is -2.29. The Balaban J connectivity index is 4.69. The van der Waals surface area contributed by atoms with Gasteiger partial charge in [-0.25, -0.2) is 4.79 Å². The van der Waals surface area contributed by atoms with Crippen LogP contribution in [0.25, 0.3) is 0 Å². The third kappa shape index (κ3) is 6.88. The highest BCUT2D eigenvalue weighted by Crippen LogP contribution is 2.06. The molecule has 0 saturated carbocycles. The molecule has 0 bridgehead atoms. The van der Waals surface area contributed by atoms with Crippen LogP contribution in [0.4, 0.5) is 0 Å². The summed E-state index contributed by atoms with van der Waals surface area (Å²) in [5.74, 6) is -1.69. The minimum Gasteiger partial charge on any atom is -0.480 e. The third-order valence-electron chi connectivity index (χ3n) is 2.18. The van der Waals surface area contributed by atoms with Crippen LogP contribution in [0.5, 0.6) is 0 Å². The molecule has 6 nitrogen and oxygen atoms in total. The van der Waals surface area contributed by atoms with Gasteiger partial charge in [0, 0.05) is 12.7 Å². The van der Waals surface area contributed by atoms with Crippen LogP contribution >= 0.6 is 0 Å². The molecule has 6 heteroatoms. The lowest BCUT2D eigenvalue weighted by molar-refractivity contribution is -0.141. The average Bonchev–Trinajstić information content (AvgIpc) is 2.33. The Morgan fingerprint density at radius 1 is 1.47 bits per heavy atom. The Kier molecular flexibility index (Phi) is 7.70. The molecular weight excluding hydrogens is 246 g/mol. The highest BCUT2D eigenvalue weighted by molar-refractivity contribution is 5.99. The number of hydrogen-bond acceptors (Lipinski definition) is 4. The topological polar surface area (TPSA) is 102 Å². The van der Waals surface area contributed by atoms with Gasteiger partial charge in [-0.15, -0.1) is 6.58 Å². The van der Waals surface area contributed by atoms with Crippen LogP contribution in [0.3, 0.4) is 0 Å². The van der Waals surface area contributed by atoms with Crippen LogP contribution in [0, 0.1) is 17.2 Å². The van der Waals surface area contributed by atoms with Gasteiger partial charge in [0.05, 0.1) is 0 Å². The van der Waals surface area contributed by atoms with Gasteiger partial charge in [-0.2, -0.15) is 5.26 Å². The summed E-state index contributed by atoms with van der Waals surface area (Å²) in [5, 5.41) is 22.9. The maximum absolute atomic E-state index is 11.7. The Morgan fingerprint density at radius 3 is 2.53 bits per heavy atom. The van der Waals surface area contributed by atoms with Crippen molar-refractivity contribution in [3.63, 3.8) is 0 Å². The van der Waals surface area contributed by atoms with Crippen molar-refractivity contribution in [2.24, 2.45) is 5.92 Å². The van der Waals surface area contributed by atoms with E-state index in [0.717, 1.165) is 0 Å². The van der Waals surface area contributed by atoms with Crippen molar-refractivity contribution in [1.29, 1.82) is 5.26 Å². The predicted octanol–water partition coefficient (Wildman–Crippen LogP) is 0.785. The summed E-state index contributed by atoms with van der Waals surface area (Å²) < 4.78 is 0. The first-order valence-corrected chi connectivity index (χ1v) is 5.90. The quantitative estimate of drug-likeness (QED) is 0.260. The number of aliphatic carboxylic acids is 1. The van der Waals surface area contributed by atoms with E-state index in [1.165, 1.54) is 6.20 Å². The summed E-state index contributed by atoms with van der Waals surface area (Å²) in [6, 6.07) is 0.721. The molecule has 0 aromatic carbocycles. The van der Waals surface area contributed by atoms with E-state index in [1.54, 1.807) is 12.1 Å². The summed E-state index contributed by atoms with van der Waals surface area (Å²) in [7, 11) is 0. The minimum atomic E-state index is -1.11. The molecule has 0 aromatic heterocycles. The van der Waals surface area contributed by atoms with Gasteiger partial charge in [0.25, 0.3) is 5.91 Å². The van der Waals surface area contributed by atoms with Crippen LogP contribution in [0.2, 0.25) is 0 Å². The number of nitrogens with zero attached hydrogens (tertiary/aromatic N) is 1. The maximum Gasteiger partial charge on any atom is 0.326 e. The van der Waals surface area contributed by atoms with Gasteiger partial charge in [-0.1, -0.05) is 19.9 Å². The van der Waals surface area contributed by atoms with Crippen molar-refractivity contribution in [3.05, 3.63) is 24.4 Å². The average molecular weight is 265 g/mol. The molecule has 0 aliphatic rings. The van der Waals surface area contributed by atoms with E-state index in [4.69, 9.17) is 10.4 Å². The number of carboxylic acids is 1. The third-order valence-corrected chi connectivity index (χ3v) is 2.18. The zero-order chi connectivity index (χ0) is 14.8. The number of rotatable bonds is 8. The largest absolute Gasteiger partial charge is 0.480 e. The van der Waals surface area contributed by atoms with Crippen LogP contribution in [0.1, 0.15) is 20.3 Å². The number of carbonyl (C=O) groups excluding carboxylic acids is 1. The number of nitrogens with one attached hydrogen (secondary N) is 2. The monoisotopic (exact) mass is 265 g/mol. The first-order valence-electron chi connectivity index (χ1n) is 5.90. The maximum atomic E-state index is 11.7. The van der Waals surface area contributed by atoms with Crippen LogP contribution in [-0.2, 0) is 9.59 Å². The normalized spacial score (nSPS) is 12.4. The van der Waals surface area contributed by atoms with Gasteiger partial charge in [-0.05, 0) is 12.3 Å². The molecule has 104 valence electrons. The highest BCUT2D eigenvalue weighted by Gasteiger charge is 2.22. The molecule has 0 rings (SSSR count). The Morgan fingerprint density at radius 2 is 2.11 bits per heavy atom. The number of carbonyl (C=O) groups is 2. The fourth-order valence-electron chi connectivity index (χ4n) is 1.32. The molecule has 3 N–H and O–H groups in total. The summed E-state index contributed by atoms with van der Waals surface area (Å²) in [5.41, 5.74) is -0.170. The number of hydrogen-bond donors (Lipinski definition) is 3. The molecule has 0 heterocycles. The Bertz CT molecular complexity index is 408. The minimum absolute atomic E-state index is 0.120. The van der Waals surface area contributed by atoms with E-state index in [0.29, 0.717) is 13.0 Å². The van der Waals surface area contributed by atoms with Crippen molar-refractivity contribution >= 4 is 11.9 Å². The van der Waals surface area contributed by atoms with Gasteiger partial charge < -0.3 is 15.7 Å². The highest BCUT2D eigenvalue weighted by atomic mass is 16.4. The van der Waals surface area contributed by atoms with Crippen LogP contribution in [0.15, 0.2) is 24.4 Å². The number of amides is 1. The van der Waals surface area contributed by atoms with E-state index in [-0.39, 0.29) is 11.5 Å². The second kappa shape index (κ2) is 8.75. The fraction of sp³-hybridized carbons (Fsp3) is 0.462. The zero-order valence-electron chi connectivity index (χ0n) is 11.1.